The van der Waals surface area contributed by atoms with E-state index in [0.29, 0.717) is 5.75 Å². The van der Waals surface area contributed by atoms with Gasteiger partial charge in [0, 0.05) is 6.08 Å². The summed E-state index contributed by atoms with van der Waals surface area (Å²) in [5.74, 6) is -7.51. The lowest BCUT2D eigenvalue weighted by Crippen LogP contribution is -2.43. The average Bonchev–Trinajstić information content (AvgIpc) is 2.44. The minimum Gasteiger partial charge on any atom is -0.493 e. The van der Waals surface area contributed by atoms with Gasteiger partial charge in [-0.05, 0) is 23.8 Å². The molecule has 1 aromatic carbocycles. The predicted molar refractivity (Wildman–Crippen MR) is 69.4 cm³/mol. The maximum absolute atomic E-state index is 12.8. The molecule has 3 nitrogen and oxygen atoms in total. The fraction of sp³-hybridized carbons (Fsp3) is 0.308. The third-order valence-corrected chi connectivity index (χ3v) is 2.91. The topological polar surface area (TPSA) is 35.5 Å². The zero-order chi connectivity index (χ0) is 17.1. The summed E-state index contributed by atoms with van der Waals surface area (Å²) in [5.41, 5.74) is 0.0191. The molecule has 1 rings (SSSR count). The first-order valence-corrected chi connectivity index (χ1v) is 6.01. The summed E-state index contributed by atoms with van der Waals surface area (Å²) in [6, 6.07) is 3.87. The minimum atomic E-state index is -5.99. The zero-order valence-corrected chi connectivity index (χ0v) is 12.1. The number of rotatable bonds is 5. The number of alkyl halides is 5. The van der Waals surface area contributed by atoms with Crippen molar-refractivity contribution < 1.29 is 36.2 Å². The molecule has 0 amide bonds. The number of hydrogen-bond acceptors (Lipinski definition) is 3. The van der Waals surface area contributed by atoms with Crippen LogP contribution in [-0.2, 0) is 4.79 Å². The van der Waals surface area contributed by atoms with E-state index in [9.17, 15) is 26.7 Å². The van der Waals surface area contributed by atoms with Crippen molar-refractivity contribution in [3.05, 3.63) is 29.8 Å². The molecule has 122 valence electrons. The van der Waals surface area contributed by atoms with Crippen LogP contribution in [0.15, 0.2) is 24.3 Å². The SMILES string of the molecule is COc1ccc(C(Cl)=CC(=O)C(F)(F)C(F)(F)F)cc1OC. The third kappa shape index (κ3) is 3.68. The van der Waals surface area contributed by atoms with Crippen LogP contribution in [0, 0.1) is 0 Å². The van der Waals surface area contributed by atoms with Crippen LogP contribution in [0.3, 0.4) is 0 Å². The van der Waals surface area contributed by atoms with Gasteiger partial charge in [0.2, 0.25) is 5.78 Å². The highest BCUT2D eigenvalue weighted by atomic mass is 35.5. The van der Waals surface area contributed by atoms with Crippen LogP contribution >= 0.6 is 11.6 Å². The average molecular weight is 345 g/mol. The number of carbonyl (C=O) groups excluding carboxylic acids is 1. The molecule has 0 N–H and O–H groups in total. The van der Waals surface area contributed by atoms with E-state index in [1.807, 2.05) is 0 Å². The Bertz CT molecular complexity index is 596. The summed E-state index contributed by atoms with van der Waals surface area (Å²) in [6.45, 7) is 0. The van der Waals surface area contributed by atoms with Crippen LogP contribution in [0.25, 0.3) is 5.03 Å². The molecule has 0 aromatic heterocycles. The van der Waals surface area contributed by atoms with Gasteiger partial charge in [-0.15, -0.1) is 0 Å². The molecule has 0 fully saturated rings. The maximum atomic E-state index is 12.8. The number of hydrogen-bond donors (Lipinski definition) is 0. The molecule has 0 aliphatic rings. The molecule has 0 saturated heterocycles. The van der Waals surface area contributed by atoms with E-state index in [1.165, 1.54) is 32.4 Å². The molecule has 0 atom stereocenters. The Balaban J connectivity index is 3.15. The summed E-state index contributed by atoms with van der Waals surface area (Å²) in [6.07, 6.45) is -5.97. The molecule has 0 unspecified atom stereocenters. The van der Waals surface area contributed by atoms with Gasteiger partial charge in [0.1, 0.15) is 0 Å². The van der Waals surface area contributed by atoms with Gasteiger partial charge in [0.05, 0.1) is 19.3 Å². The molecule has 0 spiro atoms. The molecule has 0 radical (unpaired) electrons. The molecule has 9 heteroatoms. The van der Waals surface area contributed by atoms with Crippen molar-refractivity contribution in [2.24, 2.45) is 0 Å². The molecule has 0 aliphatic heterocycles. The third-order valence-electron chi connectivity index (χ3n) is 2.58. The first-order chi connectivity index (χ1) is 10.0. The number of carbonyl (C=O) groups is 1. The molecular weight excluding hydrogens is 335 g/mol. The zero-order valence-electron chi connectivity index (χ0n) is 11.3. The van der Waals surface area contributed by atoms with Crippen LogP contribution in [0.4, 0.5) is 22.0 Å². The van der Waals surface area contributed by atoms with Gasteiger partial charge in [-0.25, -0.2) is 0 Å². The van der Waals surface area contributed by atoms with Gasteiger partial charge in [0.25, 0.3) is 0 Å². The van der Waals surface area contributed by atoms with Gasteiger partial charge >= 0.3 is 12.1 Å². The number of ketones is 1. The Kier molecular flexibility index (Phi) is 5.39. The smallest absolute Gasteiger partial charge is 0.461 e. The van der Waals surface area contributed by atoms with Crippen LogP contribution in [-0.4, -0.2) is 32.1 Å². The van der Waals surface area contributed by atoms with Crippen LogP contribution in [0.5, 0.6) is 11.5 Å². The molecule has 0 heterocycles. The lowest BCUT2D eigenvalue weighted by Gasteiger charge is -2.16. The Morgan fingerprint density at radius 2 is 1.64 bits per heavy atom. The summed E-state index contributed by atoms with van der Waals surface area (Å²) in [7, 11) is 2.64. The molecule has 0 saturated carbocycles. The fourth-order valence-electron chi connectivity index (χ4n) is 1.41. The van der Waals surface area contributed by atoms with Gasteiger partial charge in [-0.1, -0.05) is 11.6 Å². The second-order valence-electron chi connectivity index (χ2n) is 4.00. The quantitative estimate of drug-likeness (QED) is 0.597. The lowest BCUT2D eigenvalue weighted by molar-refractivity contribution is -0.266. The summed E-state index contributed by atoms with van der Waals surface area (Å²) in [5, 5.41) is -0.588. The maximum Gasteiger partial charge on any atom is 0.461 e. The molecule has 0 bridgehead atoms. The van der Waals surface area contributed by atoms with Crippen LogP contribution in [0.1, 0.15) is 5.56 Å². The molecule has 0 aliphatic carbocycles. The largest absolute Gasteiger partial charge is 0.493 e. The van der Waals surface area contributed by atoms with Crippen molar-refractivity contribution >= 4 is 22.4 Å². The predicted octanol–water partition coefficient (Wildman–Crippen LogP) is 4.05. The van der Waals surface area contributed by atoms with Crippen LogP contribution < -0.4 is 9.47 Å². The van der Waals surface area contributed by atoms with Gasteiger partial charge < -0.3 is 9.47 Å². The Labute approximate surface area is 127 Å². The molecule has 22 heavy (non-hydrogen) atoms. The first kappa shape index (κ1) is 18.2. The van der Waals surface area contributed by atoms with E-state index >= 15 is 0 Å². The van der Waals surface area contributed by atoms with E-state index in [-0.39, 0.29) is 17.4 Å². The second-order valence-corrected chi connectivity index (χ2v) is 4.41. The number of allylic oxidation sites excluding steroid dienone is 1. The second kappa shape index (κ2) is 6.51. The number of methoxy groups -OCH3 is 2. The van der Waals surface area contributed by atoms with Crippen LogP contribution in [0.2, 0.25) is 0 Å². The Morgan fingerprint density at radius 1 is 1.09 bits per heavy atom. The van der Waals surface area contributed by atoms with Crippen molar-refractivity contribution in [2.45, 2.75) is 12.1 Å². The van der Waals surface area contributed by atoms with Gasteiger partial charge in [-0.2, -0.15) is 22.0 Å². The number of halogens is 6. The first-order valence-electron chi connectivity index (χ1n) is 5.63. The van der Waals surface area contributed by atoms with Gasteiger partial charge in [0.15, 0.2) is 11.5 Å². The fourth-order valence-corrected chi connectivity index (χ4v) is 1.63. The summed E-state index contributed by atoms with van der Waals surface area (Å²) >= 11 is 5.62. The van der Waals surface area contributed by atoms with E-state index in [4.69, 9.17) is 21.1 Å². The van der Waals surface area contributed by atoms with Crippen molar-refractivity contribution in [1.29, 1.82) is 0 Å². The minimum absolute atomic E-state index is 0.0191. The lowest BCUT2D eigenvalue weighted by atomic mass is 10.1. The van der Waals surface area contributed by atoms with Crippen molar-refractivity contribution in [3.63, 3.8) is 0 Å². The monoisotopic (exact) mass is 344 g/mol. The highest BCUT2D eigenvalue weighted by Crippen LogP contribution is 2.38. The summed E-state index contributed by atoms with van der Waals surface area (Å²) < 4.78 is 71.8. The van der Waals surface area contributed by atoms with Gasteiger partial charge in [-0.3, -0.25) is 4.79 Å². The highest BCUT2D eigenvalue weighted by Gasteiger charge is 2.62. The Hall–Kier alpha value is -1.83. The number of benzene rings is 1. The Morgan fingerprint density at radius 3 is 2.09 bits per heavy atom. The van der Waals surface area contributed by atoms with Crippen molar-refractivity contribution in [2.75, 3.05) is 14.2 Å². The van der Waals surface area contributed by atoms with Crippen molar-refractivity contribution in [1.82, 2.24) is 0 Å². The van der Waals surface area contributed by atoms with Crippen molar-refractivity contribution in [3.8, 4) is 11.5 Å². The molecule has 1 aromatic rings. The number of ether oxygens (including phenoxy) is 2. The highest BCUT2D eigenvalue weighted by molar-refractivity contribution is 6.50. The van der Waals surface area contributed by atoms with E-state index in [0.717, 1.165) is 0 Å². The van der Waals surface area contributed by atoms with E-state index in [2.05, 4.69) is 0 Å². The standard InChI is InChI=1S/C13H10ClF5O3/c1-21-9-4-3-7(5-10(9)22-2)8(14)6-11(20)12(15,16)13(17,18)19/h3-6H,1-2H3. The van der Waals surface area contributed by atoms with E-state index < -0.39 is 22.9 Å². The normalized spacial score (nSPS) is 13.0. The van der Waals surface area contributed by atoms with E-state index in [1.54, 1.807) is 0 Å². The summed E-state index contributed by atoms with van der Waals surface area (Å²) in [4.78, 5) is 11.1. The molecular formula is C13H10ClF5O3.